The van der Waals surface area contributed by atoms with Gasteiger partial charge in [0.2, 0.25) is 0 Å². The first kappa shape index (κ1) is 14.2. The van der Waals surface area contributed by atoms with Gasteiger partial charge in [0, 0.05) is 0 Å². The van der Waals surface area contributed by atoms with Crippen molar-refractivity contribution in [3.05, 3.63) is 35.5 Å². The van der Waals surface area contributed by atoms with E-state index >= 15 is 0 Å². The summed E-state index contributed by atoms with van der Waals surface area (Å²) < 4.78 is 0. The lowest BCUT2D eigenvalue weighted by Gasteiger charge is -2.05. The highest BCUT2D eigenvalue weighted by Gasteiger charge is 1.96. The maximum atomic E-state index is 2.30. The highest BCUT2D eigenvalue weighted by molar-refractivity contribution is 5.27. The lowest BCUT2D eigenvalue weighted by Crippen LogP contribution is -1.86. The summed E-state index contributed by atoms with van der Waals surface area (Å²) in [5.74, 6) is 0.639. The molecule has 0 saturated heterocycles. The summed E-state index contributed by atoms with van der Waals surface area (Å²) in [6.45, 7) is 11.1. The smallest absolute Gasteiger partial charge is 0.00981 e. The molecule has 0 unspecified atom stereocenters. The molecule has 0 aliphatic rings. The van der Waals surface area contributed by atoms with Crippen molar-refractivity contribution < 1.29 is 0 Å². The Labute approximate surface area is 95.8 Å². The third kappa shape index (κ3) is 7.18. The van der Waals surface area contributed by atoms with Gasteiger partial charge in [0.25, 0.3) is 0 Å². The van der Waals surface area contributed by atoms with E-state index in [1.54, 1.807) is 0 Å². The molecule has 0 aromatic carbocycles. The van der Waals surface area contributed by atoms with E-state index in [1.165, 1.54) is 11.1 Å². The monoisotopic (exact) mass is 206 g/mol. The van der Waals surface area contributed by atoms with Crippen LogP contribution in [0.5, 0.6) is 0 Å². The van der Waals surface area contributed by atoms with E-state index in [1.807, 2.05) is 0 Å². The molecule has 0 spiro atoms. The standard InChI is InChI=1S/C15H26/c1-6-8-9-10-15(14(5)7-2)12-11-13(3)4/h8-9,11-13H,6-7,10H2,1-5H3/b9-8?,12-11+,15-14-. The van der Waals surface area contributed by atoms with Gasteiger partial charge in [0.05, 0.1) is 0 Å². The molecule has 0 aliphatic heterocycles. The lowest BCUT2D eigenvalue weighted by atomic mass is 10.0. The molecular weight excluding hydrogens is 180 g/mol. The minimum atomic E-state index is 0.639. The first-order chi connectivity index (χ1) is 7.11. The summed E-state index contributed by atoms with van der Waals surface area (Å²) in [5, 5.41) is 0. The van der Waals surface area contributed by atoms with Crippen LogP contribution in [-0.4, -0.2) is 0 Å². The van der Waals surface area contributed by atoms with Gasteiger partial charge in [-0.05, 0) is 37.7 Å². The molecule has 0 fully saturated rings. The fraction of sp³-hybridized carbons (Fsp3) is 0.600. The SMILES string of the molecule is CCC=CCC(/C=C/C(C)C)=C(\C)CC. The zero-order valence-electron chi connectivity index (χ0n) is 11.0. The molecule has 0 rings (SSSR count). The Morgan fingerprint density at radius 2 is 1.80 bits per heavy atom. The van der Waals surface area contributed by atoms with Crippen LogP contribution in [0.4, 0.5) is 0 Å². The van der Waals surface area contributed by atoms with Gasteiger partial charge >= 0.3 is 0 Å². The molecule has 0 atom stereocenters. The molecule has 0 aromatic rings. The molecule has 0 aromatic heterocycles. The highest BCUT2D eigenvalue weighted by atomic mass is 14.0. The van der Waals surface area contributed by atoms with E-state index in [4.69, 9.17) is 0 Å². The van der Waals surface area contributed by atoms with E-state index in [-0.39, 0.29) is 0 Å². The topological polar surface area (TPSA) is 0 Å². The zero-order chi connectivity index (χ0) is 11.7. The molecule has 0 radical (unpaired) electrons. The number of hydrogen-bond acceptors (Lipinski definition) is 0. The lowest BCUT2D eigenvalue weighted by molar-refractivity contribution is 0.829. The van der Waals surface area contributed by atoms with E-state index in [9.17, 15) is 0 Å². The van der Waals surface area contributed by atoms with Gasteiger partial charge in [0.1, 0.15) is 0 Å². The molecule has 86 valence electrons. The Morgan fingerprint density at radius 1 is 1.13 bits per heavy atom. The Bertz CT molecular complexity index is 239. The molecule has 0 heterocycles. The maximum absolute atomic E-state index is 2.30. The molecule has 0 N–H and O–H groups in total. The van der Waals surface area contributed by atoms with Crippen LogP contribution in [0.1, 0.15) is 53.9 Å². The van der Waals surface area contributed by atoms with Crippen molar-refractivity contribution in [2.24, 2.45) is 5.92 Å². The number of allylic oxidation sites excluding steroid dienone is 6. The van der Waals surface area contributed by atoms with Crippen LogP contribution in [0.3, 0.4) is 0 Å². The van der Waals surface area contributed by atoms with Gasteiger partial charge in [0.15, 0.2) is 0 Å². The molecule has 0 aliphatic carbocycles. The molecule has 15 heavy (non-hydrogen) atoms. The zero-order valence-corrected chi connectivity index (χ0v) is 11.0. The third-order valence-electron chi connectivity index (χ3n) is 2.50. The van der Waals surface area contributed by atoms with E-state index in [0.29, 0.717) is 5.92 Å². The predicted molar refractivity (Wildman–Crippen MR) is 71.0 cm³/mol. The van der Waals surface area contributed by atoms with Crippen LogP contribution < -0.4 is 0 Å². The molecule has 0 nitrogen and oxygen atoms in total. The normalized spacial score (nSPS) is 14.3. The summed E-state index contributed by atoms with van der Waals surface area (Å²) in [6, 6.07) is 0. The van der Waals surface area contributed by atoms with E-state index < -0.39 is 0 Å². The first-order valence-corrected chi connectivity index (χ1v) is 6.13. The van der Waals surface area contributed by atoms with Crippen molar-refractivity contribution in [3.8, 4) is 0 Å². The first-order valence-electron chi connectivity index (χ1n) is 6.13. The van der Waals surface area contributed by atoms with Gasteiger partial charge in [-0.1, -0.05) is 57.6 Å². The summed E-state index contributed by atoms with van der Waals surface area (Å²) in [4.78, 5) is 0. The van der Waals surface area contributed by atoms with Crippen molar-refractivity contribution in [3.63, 3.8) is 0 Å². The largest absolute Gasteiger partial charge is 0.0885 e. The minimum Gasteiger partial charge on any atom is -0.0885 e. The van der Waals surface area contributed by atoms with Crippen LogP contribution in [-0.2, 0) is 0 Å². The van der Waals surface area contributed by atoms with E-state index in [0.717, 1.165) is 19.3 Å². The quantitative estimate of drug-likeness (QED) is 0.409. The summed E-state index contributed by atoms with van der Waals surface area (Å²) in [7, 11) is 0. The third-order valence-corrected chi connectivity index (χ3v) is 2.50. The van der Waals surface area contributed by atoms with Crippen LogP contribution in [0.25, 0.3) is 0 Å². The van der Waals surface area contributed by atoms with Crippen molar-refractivity contribution in [2.75, 3.05) is 0 Å². The van der Waals surface area contributed by atoms with Crippen LogP contribution in [0.15, 0.2) is 35.5 Å². The van der Waals surface area contributed by atoms with Crippen molar-refractivity contribution >= 4 is 0 Å². The van der Waals surface area contributed by atoms with Crippen molar-refractivity contribution in [2.45, 2.75) is 53.9 Å². The van der Waals surface area contributed by atoms with Crippen molar-refractivity contribution in [1.29, 1.82) is 0 Å². The number of hydrogen-bond donors (Lipinski definition) is 0. The predicted octanol–water partition coefficient (Wildman–Crippen LogP) is 5.28. The van der Waals surface area contributed by atoms with Gasteiger partial charge < -0.3 is 0 Å². The highest BCUT2D eigenvalue weighted by Crippen LogP contribution is 2.15. The van der Waals surface area contributed by atoms with Gasteiger partial charge in [-0.2, -0.15) is 0 Å². The second kappa shape index (κ2) is 8.52. The summed E-state index contributed by atoms with van der Waals surface area (Å²) in [6.07, 6.45) is 12.5. The van der Waals surface area contributed by atoms with E-state index in [2.05, 4.69) is 58.9 Å². The van der Waals surface area contributed by atoms with Gasteiger partial charge in [-0.3, -0.25) is 0 Å². The number of rotatable bonds is 6. The fourth-order valence-electron chi connectivity index (χ4n) is 1.30. The summed E-state index contributed by atoms with van der Waals surface area (Å²) >= 11 is 0. The van der Waals surface area contributed by atoms with Gasteiger partial charge in [-0.25, -0.2) is 0 Å². The molecule has 0 saturated carbocycles. The van der Waals surface area contributed by atoms with Crippen molar-refractivity contribution in [1.82, 2.24) is 0 Å². The minimum absolute atomic E-state index is 0.639. The average Bonchev–Trinajstić information content (AvgIpc) is 2.21. The molecule has 0 heteroatoms. The molecule has 0 amide bonds. The Morgan fingerprint density at radius 3 is 2.27 bits per heavy atom. The maximum Gasteiger partial charge on any atom is -0.00981 e. The molecular formula is C15H26. The Hall–Kier alpha value is -0.780. The second-order valence-corrected chi connectivity index (χ2v) is 4.35. The van der Waals surface area contributed by atoms with Crippen LogP contribution in [0.2, 0.25) is 0 Å². The Kier molecular flexibility index (Phi) is 8.08. The fourth-order valence-corrected chi connectivity index (χ4v) is 1.30. The average molecular weight is 206 g/mol. The summed E-state index contributed by atoms with van der Waals surface area (Å²) in [5.41, 5.74) is 2.99. The van der Waals surface area contributed by atoms with Crippen LogP contribution >= 0.6 is 0 Å². The van der Waals surface area contributed by atoms with Gasteiger partial charge in [-0.15, -0.1) is 0 Å². The second-order valence-electron chi connectivity index (χ2n) is 4.35. The van der Waals surface area contributed by atoms with Crippen LogP contribution in [0, 0.1) is 5.92 Å². The molecule has 0 bridgehead atoms. The Balaban J connectivity index is 4.53.